The molecule has 2 heterocycles. The third-order valence-corrected chi connectivity index (χ3v) is 12.1. The highest BCUT2D eigenvalue weighted by Gasteiger charge is 2.47. The van der Waals surface area contributed by atoms with Gasteiger partial charge in [0.25, 0.3) is 0 Å². The molecule has 0 fully saturated rings. The summed E-state index contributed by atoms with van der Waals surface area (Å²) in [6.07, 6.45) is 0.537. The molecule has 3 nitrogen and oxygen atoms in total. The predicted molar refractivity (Wildman–Crippen MR) is 107 cm³/mol. The summed E-state index contributed by atoms with van der Waals surface area (Å²) in [6.45, 7) is 13.5. The van der Waals surface area contributed by atoms with Gasteiger partial charge in [-0.3, -0.25) is 4.79 Å². The van der Waals surface area contributed by atoms with Gasteiger partial charge in [0.2, 0.25) is 8.32 Å². The number of carbonyl (C=O) groups excluding carboxylic acids is 1. The van der Waals surface area contributed by atoms with E-state index in [2.05, 4.69) is 41.5 Å². The summed E-state index contributed by atoms with van der Waals surface area (Å²) in [6, 6.07) is 5.49. The second kappa shape index (κ2) is 8.21. The zero-order valence-electron chi connectivity index (χ0n) is 15.7. The number of furan rings is 1. The van der Waals surface area contributed by atoms with Gasteiger partial charge in [-0.15, -0.1) is 11.3 Å². The predicted octanol–water partition coefficient (Wildman–Crippen LogP) is 7.09. The molecule has 2 aromatic heterocycles. The summed E-state index contributed by atoms with van der Waals surface area (Å²) in [5.41, 5.74) is 2.30. The van der Waals surface area contributed by atoms with E-state index in [1.807, 2.05) is 17.5 Å². The van der Waals surface area contributed by atoms with Crippen molar-refractivity contribution >= 4 is 37.5 Å². The third-order valence-electron chi connectivity index (χ3n) is 4.94. The SMILES string of the molecule is CC(C)[Si](OC(c1csc(C=O)c1)c1ccc(Cl)o1)(C(C)C)C(C)C. The van der Waals surface area contributed by atoms with E-state index in [9.17, 15) is 4.79 Å². The molecule has 0 N–H and O–H groups in total. The van der Waals surface area contributed by atoms with Gasteiger partial charge in [0.05, 0.1) is 4.88 Å². The van der Waals surface area contributed by atoms with Crippen molar-refractivity contribution in [3.05, 3.63) is 45.0 Å². The number of carbonyl (C=O) groups is 1. The van der Waals surface area contributed by atoms with Gasteiger partial charge in [-0.25, -0.2) is 0 Å². The first-order valence-corrected chi connectivity index (χ1v) is 12.1. The Morgan fingerprint density at radius 1 is 1.12 bits per heavy atom. The van der Waals surface area contributed by atoms with E-state index in [1.165, 1.54) is 11.3 Å². The van der Waals surface area contributed by atoms with Crippen molar-refractivity contribution in [1.82, 2.24) is 0 Å². The Bertz CT molecular complexity index is 683. The lowest BCUT2D eigenvalue weighted by molar-refractivity contribution is 0.112. The van der Waals surface area contributed by atoms with Crippen LogP contribution >= 0.6 is 22.9 Å². The molecule has 1 atom stereocenters. The van der Waals surface area contributed by atoms with E-state index in [0.29, 0.717) is 32.5 Å². The van der Waals surface area contributed by atoms with Gasteiger partial charge < -0.3 is 8.84 Å². The molecular formula is C19H27ClO3SSi. The fraction of sp³-hybridized carbons (Fsp3) is 0.526. The summed E-state index contributed by atoms with van der Waals surface area (Å²) in [4.78, 5) is 11.8. The Labute approximate surface area is 160 Å². The normalized spacial score (nSPS) is 13.8. The number of halogens is 1. The molecule has 138 valence electrons. The summed E-state index contributed by atoms with van der Waals surface area (Å²) in [5.74, 6) is 0.694. The summed E-state index contributed by atoms with van der Waals surface area (Å²) in [5, 5.41) is 2.32. The molecule has 25 heavy (non-hydrogen) atoms. The van der Waals surface area contributed by atoms with Crippen LogP contribution in [0.25, 0.3) is 0 Å². The summed E-state index contributed by atoms with van der Waals surface area (Å²) < 4.78 is 12.7. The maximum absolute atomic E-state index is 11.1. The lowest BCUT2D eigenvalue weighted by Crippen LogP contribution is -2.48. The van der Waals surface area contributed by atoms with Gasteiger partial charge in [-0.05, 0) is 57.4 Å². The first-order chi connectivity index (χ1) is 11.7. The minimum Gasteiger partial charge on any atom is -0.447 e. The second-order valence-corrected chi connectivity index (χ2v) is 14.1. The minimum atomic E-state index is -2.13. The van der Waals surface area contributed by atoms with Crippen LogP contribution in [0.15, 0.2) is 28.0 Å². The van der Waals surface area contributed by atoms with Crippen LogP contribution < -0.4 is 0 Å². The van der Waals surface area contributed by atoms with E-state index in [1.54, 1.807) is 6.07 Å². The zero-order chi connectivity index (χ0) is 18.8. The Kier molecular flexibility index (Phi) is 6.71. The number of hydrogen-bond acceptors (Lipinski definition) is 4. The van der Waals surface area contributed by atoms with Crippen LogP contribution in [-0.2, 0) is 4.43 Å². The van der Waals surface area contributed by atoms with Gasteiger partial charge in [-0.1, -0.05) is 41.5 Å². The molecule has 0 aromatic carbocycles. The van der Waals surface area contributed by atoms with Crippen molar-refractivity contribution in [3.8, 4) is 0 Å². The molecule has 2 aromatic rings. The highest BCUT2D eigenvalue weighted by atomic mass is 35.5. The van der Waals surface area contributed by atoms with Gasteiger partial charge in [0.15, 0.2) is 11.5 Å². The maximum atomic E-state index is 11.1. The molecule has 0 aliphatic carbocycles. The molecule has 0 aliphatic rings. The molecule has 0 spiro atoms. The van der Waals surface area contributed by atoms with Gasteiger partial charge in [0.1, 0.15) is 11.9 Å². The van der Waals surface area contributed by atoms with Gasteiger partial charge >= 0.3 is 0 Å². The fourth-order valence-corrected chi connectivity index (χ4v) is 10.3. The highest BCUT2D eigenvalue weighted by Crippen LogP contribution is 2.47. The lowest BCUT2D eigenvalue weighted by Gasteiger charge is -2.44. The molecule has 0 aliphatic heterocycles. The molecule has 0 radical (unpaired) electrons. The van der Waals surface area contributed by atoms with Crippen molar-refractivity contribution in [2.45, 2.75) is 64.3 Å². The van der Waals surface area contributed by atoms with Crippen LogP contribution in [0.4, 0.5) is 0 Å². The zero-order valence-corrected chi connectivity index (χ0v) is 18.3. The number of rotatable bonds is 8. The molecule has 2 rings (SSSR count). The first kappa shape index (κ1) is 20.4. The number of aldehydes is 1. The topological polar surface area (TPSA) is 39.4 Å². The van der Waals surface area contributed by atoms with E-state index < -0.39 is 8.32 Å². The number of hydrogen-bond donors (Lipinski definition) is 0. The largest absolute Gasteiger partial charge is 0.447 e. The molecule has 0 bridgehead atoms. The van der Waals surface area contributed by atoms with Crippen LogP contribution in [-0.4, -0.2) is 14.6 Å². The van der Waals surface area contributed by atoms with Crippen molar-refractivity contribution < 1.29 is 13.6 Å². The van der Waals surface area contributed by atoms with Crippen molar-refractivity contribution in [1.29, 1.82) is 0 Å². The molecule has 6 heteroatoms. The highest BCUT2D eigenvalue weighted by molar-refractivity contribution is 7.11. The molecule has 0 saturated heterocycles. The van der Waals surface area contributed by atoms with E-state index in [0.717, 1.165) is 11.8 Å². The molecule has 0 saturated carbocycles. The van der Waals surface area contributed by atoms with Crippen LogP contribution in [0.2, 0.25) is 21.8 Å². The molecule has 0 amide bonds. The van der Waals surface area contributed by atoms with Gasteiger partial charge in [-0.2, -0.15) is 0 Å². The lowest BCUT2D eigenvalue weighted by atomic mass is 10.1. The standard InChI is InChI=1S/C19H27ClO3SSi/c1-12(2)25(13(3)4,14(5)6)23-19(17-7-8-18(20)22-17)15-9-16(10-21)24-11-15/h7-14,19H,1-6H3. The molecular weight excluding hydrogens is 372 g/mol. The molecule has 1 unspecified atom stereocenters. The smallest absolute Gasteiger partial charge is 0.201 e. The van der Waals surface area contributed by atoms with Crippen molar-refractivity contribution in [2.24, 2.45) is 0 Å². The minimum absolute atomic E-state index is 0.337. The number of thiophene rings is 1. The van der Waals surface area contributed by atoms with Crippen molar-refractivity contribution in [3.63, 3.8) is 0 Å². The Hall–Kier alpha value is -0.883. The second-order valence-electron chi connectivity index (χ2n) is 7.36. The summed E-state index contributed by atoms with van der Waals surface area (Å²) in [7, 11) is -2.13. The Balaban J connectivity index is 2.52. The Morgan fingerprint density at radius 2 is 1.72 bits per heavy atom. The van der Waals surface area contributed by atoms with Crippen molar-refractivity contribution in [2.75, 3.05) is 0 Å². The van der Waals surface area contributed by atoms with Crippen LogP contribution in [0.1, 0.15) is 68.6 Å². The van der Waals surface area contributed by atoms with Crippen LogP contribution in [0, 0.1) is 0 Å². The maximum Gasteiger partial charge on any atom is 0.201 e. The van der Waals surface area contributed by atoms with E-state index >= 15 is 0 Å². The average molecular weight is 399 g/mol. The fourth-order valence-electron chi connectivity index (χ4n) is 3.94. The van der Waals surface area contributed by atoms with E-state index in [4.69, 9.17) is 20.4 Å². The quantitative estimate of drug-likeness (QED) is 0.352. The van der Waals surface area contributed by atoms with Gasteiger partial charge in [0, 0.05) is 0 Å². The summed E-state index contributed by atoms with van der Waals surface area (Å²) >= 11 is 7.44. The Morgan fingerprint density at radius 3 is 2.12 bits per heavy atom. The van der Waals surface area contributed by atoms with Crippen LogP contribution in [0.5, 0.6) is 0 Å². The van der Waals surface area contributed by atoms with E-state index in [-0.39, 0.29) is 6.10 Å². The average Bonchev–Trinajstić information content (AvgIpc) is 3.16. The third kappa shape index (κ3) is 4.10. The monoisotopic (exact) mass is 398 g/mol. The first-order valence-electron chi connectivity index (χ1n) is 8.69. The van der Waals surface area contributed by atoms with Crippen LogP contribution in [0.3, 0.4) is 0 Å².